The number of hydrogen-bond donors (Lipinski definition) is 1. The van der Waals surface area contributed by atoms with Gasteiger partial charge in [0.1, 0.15) is 5.75 Å². The first-order valence-corrected chi connectivity index (χ1v) is 7.05. The quantitative estimate of drug-likeness (QED) is 0.746. The summed E-state index contributed by atoms with van der Waals surface area (Å²) in [5.41, 5.74) is 2.70. The van der Waals surface area contributed by atoms with E-state index in [9.17, 15) is 9.90 Å². The molecule has 0 aliphatic rings. The van der Waals surface area contributed by atoms with E-state index in [0.717, 1.165) is 11.1 Å². The molecule has 22 heavy (non-hydrogen) atoms. The summed E-state index contributed by atoms with van der Waals surface area (Å²) >= 11 is 0. The van der Waals surface area contributed by atoms with Gasteiger partial charge in [-0.15, -0.1) is 0 Å². The van der Waals surface area contributed by atoms with E-state index >= 15 is 0 Å². The molecule has 1 N–H and O–H groups in total. The van der Waals surface area contributed by atoms with Gasteiger partial charge in [0, 0.05) is 11.5 Å². The molecule has 4 nitrogen and oxygen atoms in total. The highest BCUT2D eigenvalue weighted by atomic mass is 16.5. The van der Waals surface area contributed by atoms with Crippen molar-refractivity contribution in [1.29, 1.82) is 0 Å². The second-order valence-corrected chi connectivity index (χ2v) is 4.85. The van der Waals surface area contributed by atoms with Crippen LogP contribution in [0.1, 0.15) is 17.4 Å². The van der Waals surface area contributed by atoms with Crippen LogP contribution < -0.4 is 0 Å². The molecule has 0 saturated carbocycles. The molecule has 0 aliphatic heterocycles. The van der Waals surface area contributed by atoms with Crippen molar-refractivity contribution in [3.63, 3.8) is 0 Å². The highest BCUT2D eigenvalue weighted by Gasteiger charge is 2.13. The van der Waals surface area contributed by atoms with Gasteiger partial charge in [0.15, 0.2) is 5.69 Å². The molecule has 1 aromatic heterocycles. The third-order valence-corrected chi connectivity index (χ3v) is 3.38. The van der Waals surface area contributed by atoms with Gasteiger partial charge in [-0.1, -0.05) is 36.4 Å². The molecule has 110 valence electrons. The smallest absolute Gasteiger partial charge is 0.357 e. The zero-order valence-corrected chi connectivity index (χ0v) is 12.1. The van der Waals surface area contributed by atoms with Crippen molar-refractivity contribution in [2.45, 2.75) is 6.92 Å². The average molecular weight is 293 g/mol. The number of hydrogen-bond acceptors (Lipinski definition) is 4. The number of fused-ring (bicyclic) bond motifs is 1. The summed E-state index contributed by atoms with van der Waals surface area (Å²) in [6.45, 7) is 2.00. The minimum absolute atomic E-state index is 0.0193. The van der Waals surface area contributed by atoms with E-state index in [4.69, 9.17) is 4.74 Å². The van der Waals surface area contributed by atoms with Gasteiger partial charge < -0.3 is 9.84 Å². The highest BCUT2D eigenvalue weighted by Crippen LogP contribution is 2.29. The van der Waals surface area contributed by atoms with Crippen molar-refractivity contribution in [3.05, 3.63) is 60.3 Å². The Kier molecular flexibility index (Phi) is 3.74. The maximum Gasteiger partial charge on any atom is 0.357 e. The van der Waals surface area contributed by atoms with Gasteiger partial charge in [0.25, 0.3) is 0 Å². The van der Waals surface area contributed by atoms with Crippen molar-refractivity contribution >= 4 is 16.9 Å². The lowest BCUT2D eigenvalue weighted by atomic mass is 10.0. The molecule has 0 saturated heterocycles. The van der Waals surface area contributed by atoms with E-state index in [-0.39, 0.29) is 18.1 Å². The average Bonchev–Trinajstić information content (AvgIpc) is 2.55. The van der Waals surface area contributed by atoms with Crippen LogP contribution in [0.3, 0.4) is 0 Å². The van der Waals surface area contributed by atoms with Crippen LogP contribution in [0.15, 0.2) is 54.6 Å². The van der Waals surface area contributed by atoms with Crippen molar-refractivity contribution in [2.24, 2.45) is 0 Å². The highest BCUT2D eigenvalue weighted by molar-refractivity contribution is 5.95. The summed E-state index contributed by atoms with van der Waals surface area (Å²) < 4.78 is 4.91. The molecule has 0 unspecified atom stereocenters. The van der Waals surface area contributed by atoms with Crippen LogP contribution in [0.5, 0.6) is 5.75 Å². The van der Waals surface area contributed by atoms with Gasteiger partial charge >= 0.3 is 5.97 Å². The molecular weight excluding hydrogens is 278 g/mol. The summed E-state index contributed by atoms with van der Waals surface area (Å²) in [6.07, 6.45) is 0. The first-order chi connectivity index (χ1) is 10.7. The first kappa shape index (κ1) is 14.1. The van der Waals surface area contributed by atoms with Crippen LogP contribution >= 0.6 is 0 Å². The molecule has 0 atom stereocenters. The molecule has 0 radical (unpaired) electrons. The number of esters is 1. The largest absolute Gasteiger partial charge is 0.507 e. The lowest BCUT2D eigenvalue weighted by molar-refractivity contribution is 0.0519. The Labute approximate surface area is 128 Å². The Morgan fingerprint density at radius 1 is 1.09 bits per heavy atom. The number of benzene rings is 2. The summed E-state index contributed by atoms with van der Waals surface area (Å²) in [5.74, 6) is -0.516. The number of carbonyl (C=O) groups excluding carboxylic acids is 1. The van der Waals surface area contributed by atoms with Gasteiger partial charge in [-0.25, -0.2) is 9.78 Å². The lowest BCUT2D eigenvalue weighted by Crippen LogP contribution is -2.07. The Bertz CT molecular complexity index is 828. The number of aromatic hydroxyl groups is 1. The van der Waals surface area contributed by atoms with Crippen LogP contribution in [-0.2, 0) is 4.74 Å². The van der Waals surface area contributed by atoms with Crippen molar-refractivity contribution < 1.29 is 14.6 Å². The van der Waals surface area contributed by atoms with Crippen LogP contribution in [0.4, 0.5) is 0 Å². The van der Waals surface area contributed by atoms with E-state index in [1.165, 1.54) is 6.07 Å². The minimum Gasteiger partial charge on any atom is -0.507 e. The summed E-state index contributed by atoms with van der Waals surface area (Å²) in [7, 11) is 0. The molecule has 0 spiro atoms. The number of ether oxygens (including phenoxy) is 1. The molecule has 1 heterocycles. The van der Waals surface area contributed by atoms with Crippen molar-refractivity contribution in [1.82, 2.24) is 4.98 Å². The number of nitrogens with zero attached hydrogens (tertiary/aromatic N) is 1. The lowest BCUT2D eigenvalue weighted by Gasteiger charge is -2.07. The number of pyridine rings is 1. The van der Waals surface area contributed by atoms with E-state index in [0.29, 0.717) is 10.9 Å². The molecule has 4 heteroatoms. The Morgan fingerprint density at radius 2 is 1.86 bits per heavy atom. The third-order valence-electron chi connectivity index (χ3n) is 3.38. The van der Waals surface area contributed by atoms with E-state index < -0.39 is 5.97 Å². The normalized spacial score (nSPS) is 10.6. The number of carbonyl (C=O) groups is 1. The van der Waals surface area contributed by atoms with E-state index in [2.05, 4.69) is 4.98 Å². The van der Waals surface area contributed by atoms with Gasteiger partial charge in [0.2, 0.25) is 0 Å². The Balaban J connectivity index is 2.09. The molecule has 3 aromatic rings. The molecule has 0 fully saturated rings. The fourth-order valence-corrected chi connectivity index (χ4v) is 2.33. The fraction of sp³-hybridized carbons (Fsp3) is 0.111. The van der Waals surface area contributed by atoms with Crippen LogP contribution in [-0.4, -0.2) is 22.7 Å². The monoisotopic (exact) mass is 293 g/mol. The van der Waals surface area contributed by atoms with Gasteiger partial charge in [0.05, 0.1) is 12.1 Å². The second kappa shape index (κ2) is 5.85. The zero-order chi connectivity index (χ0) is 15.5. The molecule has 0 amide bonds. The summed E-state index contributed by atoms with van der Waals surface area (Å²) in [4.78, 5) is 16.0. The number of aromatic nitrogens is 1. The fourth-order valence-electron chi connectivity index (χ4n) is 2.33. The van der Waals surface area contributed by atoms with Gasteiger partial charge in [-0.3, -0.25) is 0 Å². The Morgan fingerprint density at radius 3 is 2.59 bits per heavy atom. The van der Waals surface area contributed by atoms with Gasteiger partial charge in [-0.2, -0.15) is 0 Å². The maximum atomic E-state index is 11.7. The standard InChI is InChI=1S/C18H15NO3/c1-2-22-18(21)16-11-17(20)14-10-13(8-9-15(14)19-16)12-6-4-3-5-7-12/h3-11H,2H2,1H3,(H,19,20). The molecule has 3 rings (SSSR count). The van der Waals surface area contributed by atoms with Crippen molar-refractivity contribution in [3.8, 4) is 16.9 Å². The topological polar surface area (TPSA) is 59.4 Å². The first-order valence-electron chi connectivity index (χ1n) is 7.05. The van der Waals surface area contributed by atoms with Crippen LogP contribution in [0.25, 0.3) is 22.0 Å². The molecule has 0 bridgehead atoms. The molecule has 2 aromatic carbocycles. The summed E-state index contributed by atoms with van der Waals surface area (Å²) in [5, 5.41) is 10.8. The predicted molar refractivity (Wildman–Crippen MR) is 84.8 cm³/mol. The zero-order valence-electron chi connectivity index (χ0n) is 12.1. The van der Waals surface area contributed by atoms with Crippen molar-refractivity contribution in [2.75, 3.05) is 6.61 Å². The second-order valence-electron chi connectivity index (χ2n) is 4.85. The SMILES string of the molecule is CCOC(=O)c1cc(O)c2cc(-c3ccccc3)ccc2n1. The minimum atomic E-state index is -0.535. The van der Waals surface area contributed by atoms with E-state index in [1.807, 2.05) is 42.5 Å². The third kappa shape index (κ3) is 2.63. The summed E-state index contributed by atoms with van der Waals surface area (Å²) in [6, 6.07) is 16.8. The Hall–Kier alpha value is -2.88. The van der Waals surface area contributed by atoms with Crippen LogP contribution in [0.2, 0.25) is 0 Å². The predicted octanol–water partition coefficient (Wildman–Crippen LogP) is 3.78. The van der Waals surface area contributed by atoms with Gasteiger partial charge in [-0.05, 0) is 30.2 Å². The van der Waals surface area contributed by atoms with E-state index in [1.54, 1.807) is 13.0 Å². The number of rotatable bonds is 3. The van der Waals surface area contributed by atoms with Crippen LogP contribution in [0, 0.1) is 0 Å². The molecule has 0 aliphatic carbocycles. The molecular formula is C18H15NO3. The maximum absolute atomic E-state index is 11.7.